The molecule has 3 N–H and O–H groups in total. The Hall–Kier alpha value is -2.41. The lowest BCUT2D eigenvalue weighted by Crippen LogP contribution is -2.43. The highest BCUT2D eigenvalue weighted by molar-refractivity contribution is 6.40. The summed E-state index contributed by atoms with van der Waals surface area (Å²) < 4.78 is 4.59. The molecule has 0 aliphatic carbocycles. The fraction of sp³-hybridized carbons (Fsp3) is 0.357. The summed E-state index contributed by atoms with van der Waals surface area (Å²) in [6.07, 6.45) is 0.494. The molecule has 0 saturated carbocycles. The van der Waals surface area contributed by atoms with Gasteiger partial charge in [0.05, 0.1) is 31.0 Å². The topological polar surface area (TPSA) is 105 Å². The maximum Gasteiger partial charge on any atom is 0.339 e. The molecule has 1 rings (SSSR count). The molecule has 0 radical (unpaired) electrons. The lowest BCUT2D eigenvalue weighted by atomic mass is 10.1. The Morgan fingerprint density at radius 2 is 1.90 bits per heavy atom. The van der Waals surface area contributed by atoms with Crippen LogP contribution in [0.2, 0.25) is 0 Å². The fourth-order valence-corrected chi connectivity index (χ4v) is 1.59. The summed E-state index contributed by atoms with van der Waals surface area (Å²) in [5.41, 5.74) is 0.330. The number of nitrogens with one attached hydrogen (secondary N) is 2. The van der Waals surface area contributed by atoms with E-state index in [4.69, 9.17) is 5.11 Å². The van der Waals surface area contributed by atoms with Crippen LogP contribution in [-0.2, 0) is 14.3 Å². The van der Waals surface area contributed by atoms with E-state index in [9.17, 15) is 14.4 Å². The molecule has 1 aromatic rings. The van der Waals surface area contributed by atoms with Crippen molar-refractivity contribution in [2.45, 2.75) is 19.4 Å². The summed E-state index contributed by atoms with van der Waals surface area (Å²) in [4.78, 5) is 35.0. The first-order valence-electron chi connectivity index (χ1n) is 6.43. The summed E-state index contributed by atoms with van der Waals surface area (Å²) in [5, 5.41) is 13.7. The van der Waals surface area contributed by atoms with Crippen molar-refractivity contribution in [2.75, 3.05) is 19.0 Å². The first-order valence-corrected chi connectivity index (χ1v) is 6.43. The van der Waals surface area contributed by atoms with Gasteiger partial charge in [-0.05, 0) is 18.6 Å². The first-order chi connectivity index (χ1) is 10.0. The molecule has 7 heteroatoms. The summed E-state index contributed by atoms with van der Waals surface area (Å²) >= 11 is 0. The number of benzene rings is 1. The van der Waals surface area contributed by atoms with Crippen molar-refractivity contribution in [1.29, 1.82) is 0 Å². The molecule has 0 spiro atoms. The molecular weight excluding hydrogens is 276 g/mol. The van der Waals surface area contributed by atoms with Gasteiger partial charge in [-0.15, -0.1) is 0 Å². The molecule has 0 aromatic heterocycles. The zero-order valence-corrected chi connectivity index (χ0v) is 11.9. The second kappa shape index (κ2) is 8.01. The Labute approximate surface area is 122 Å². The van der Waals surface area contributed by atoms with Crippen LogP contribution < -0.4 is 10.6 Å². The van der Waals surface area contributed by atoms with Gasteiger partial charge in [0.2, 0.25) is 0 Å². The number of para-hydroxylation sites is 1. The van der Waals surface area contributed by atoms with Gasteiger partial charge >= 0.3 is 17.8 Å². The number of hydrogen-bond donors (Lipinski definition) is 3. The molecule has 0 aliphatic heterocycles. The van der Waals surface area contributed by atoms with Crippen LogP contribution in [0.1, 0.15) is 23.7 Å². The number of aliphatic hydroxyl groups excluding tert-OH is 1. The van der Waals surface area contributed by atoms with Gasteiger partial charge in [-0.25, -0.2) is 4.79 Å². The van der Waals surface area contributed by atoms with E-state index in [-0.39, 0.29) is 17.9 Å². The Morgan fingerprint density at radius 1 is 1.24 bits per heavy atom. The summed E-state index contributed by atoms with van der Waals surface area (Å²) in [6, 6.07) is 5.70. The van der Waals surface area contributed by atoms with Gasteiger partial charge in [0.1, 0.15) is 0 Å². The normalized spacial score (nSPS) is 11.4. The smallest absolute Gasteiger partial charge is 0.339 e. The monoisotopic (exact) mass is 294 g/mol. The second-order valence-electron chi connectivity index (χ2n) is 4.25. The maximum atomic E-state index is 11.8. The van der Waals surface area contributed by atoms with Crippen molar-refractivity contribution >= 4 is 23.5 Å². The predicted octanol–water partition coefficient (Wildman–Crippen LogP) is 0.299. The molecule has 1 unspecified atom stereocenters. The number of methoxy groups -OCH3 is 1. The molecule has 2 amide bonds. The fourth-order valence-electron chi connectivity index (χ4n) is 1.59. The van der Waals surface area contributed by atoms with E-state index in [1.807, 2.05) is 0 Å². The van der Waals surface area contributed by atoms with Crippen LogP contribution in [0.15, 0.2) is 24.3 Å². The van der Waals surface area contributed by atoms with Gasteiger partial charge in [0, 0.05) is 0 Å². The van der Waals surface area contributed by atoms with Gasteiger partial charge in [-0.1, -0.05) is 19.1 Å². The van der Waals surface area contributed by atoms with Gasteiger partial charge in [-0.3, -0.25) is 9.59 Å². The third-order valence-electron chi connectivity index (χ3n) is 2.84. The zero-order chi connectivity index (χ0) is 15.8. The molecule has 21 heavy (non-hydrogen) atoms. The summed E-state index contributed by atoms with van der Waals surface area (Å²) in [6.45, 7) is 1.51. The van der Waals surface area contributed by atoms with Crippen molar-refractivity contribution in [1.82, 2.24) is 5.32 Å². The Balaban J connectivity index is 2.79. The molecular formula is C14H18N2O5. The molecule has 0 aliphatic rings. The van der Waals surface area contributed by atoms with E-state index in [1.54, 1.807) is 19.1 Å². The van der Waals surface area contributed by atoms with Crippen molar-refractivity contribution in [3.8, 4) is 0 Å². The minimum Gasteiger partial charge on any atom is -0.465 e. The number of carbonyl (C=O) groups is 3. The number of ether oxygens (including phenoxy) is 1. The maximum absolute atomic E-state index is 11.8. The third-order valence-corrected chi connectivity index (χ3v) is 2.84. The lowest BCUT2D eigenvalue weighted by Gasteiger charge is -2.14. The van der Waals surface area contributed by atoms with Gasteiger partial charge in [0.15, 0.2) is 0 Å². The predicted molar refractivity (Wildman–Crippen MR) is 75.7 cm³/mol. The third kappa shape index (κ3) is 4.57. The highest BCUT2D eigenvalue weighted by atomic mass is 16.5. The van der Waals surface area contributed by atoms with Crippen LogP contribution in [0.4, 0.5) is 5.69 Å². The van der Waals surface area contributed by atoms with Crippen LogP contribution >= 0.6 is 0 Å². The van der Waals surface area contributed by atoms with Gasteiger partial charge in [-0.2, -0.15) is 0 Å². The molecule has 7 nitrogen and oxygen atoms in total. The molecule has 0 heterocycles. The SMILES string of the molecule is CCC(CO)NC(=O)C(=O)Nc1ccccc1C(=O)OC. The van der Waals surface area contributed by atoms with E-state index in [0.29, 0.717) is 6.42 Å². The van der Waals surface area contributed by atoms with E-state index in [1.165, 1.54) is 19.2 Å². The van der Waals surface area contributed by atoms with E-state index >= 15 is 0 Å². The Bertz CT molecular complexity index is 526. The number of rotatable bonds is 5. The van der Waals surface area contributed by atoms with Crippen molar-refractivity contribution < 1.29 is 24.2 Å². The van der Waals surface area contributed by atoms with Gasteiger partial charge < -0.3 is 20.5 Å². The number of esters is 1. The Morgan fingerprint density at radius 3 is 2.48 bits per heavy atom. The van der Waals surface area contributed by atoms with Crippen molar-refractivity contribution in [3.05, 3.63) is 29.8 Å². The highest BCUT2D eigenvalue weighted by Gasteiger charge is 2.20. The number of hydrogen-bond acceptors (Lipinski definition) is 5. The van der Waals surface area contributed by atoms with E-state index in [0.717, 1.165) is 0 Å². The quantitative estimate of drug-likeness (QED) is 0.535. The molecule has 1 atom stereocenters. The lowest BCUT2D eigenvalue weighted by molar-refractivity contribution is -0.136. The molecule has 0 fully saturated rings. The average molecular weight is 294 g/mol. The standard InChI is InChI=1S/C14H18N2O5/c1-3-9(8-17)15-12(18)13(19)16-11-7-5-4-6-10(11)14(20)21-2/h4-7,9,17H,3,8H2,1-2H3,(H,15,18)(H,16,19). The van der Waals surface area contributed by atoms with E-state index < -0.39 is 23.8 Å². The summed E-state index contributed by atoms with van der Waals surface area (Å²) in [7, 11) is 1.22. The largest absolute Gasteiger partial charge is 0.465 e. The van der Waals surface area contributed by atoms with Gasteiger partial charge in [0.25, 0.3) is 0 Å². The molecule has 114 valence electrons. The van der Waals surface area contributed by atoms with E-state index in [2.05, 4.69) is 15.4 Å². The highest BCUT2D eigenvalue weighted by Crippen LogP contribution is 2.15. The van der Waals surface area contributed by atoms with Crippen LogP contribution in [0, 0.1) is 0 Å². The second-order valence-corrected chi connectivity index (χ2v) is 4.25. The van der Waals surface area contributed by atoms with Crippen molar-refractivity contribution in [3.63, 3.8) is 0 Å². The number of carbonyl (C=O) groups excluding carboxylic acids is 3. The van der Waals surface area contributed by atoms with Crippen LogP contribution in [0.25, 0.3) is 0 Å². The average Bonchev–Trinajstić information content (AvgIpc) is 2.51. The minimum absolute atomic E-state index is 0.148. The minimum atomic E-state index is -0.918. The van der Waals surface area contributed by atoms with Crippen LogP contribution in [-0.4, -0.2) is 42.6 Å². The molecule has 1 aromatic carbocycles. The first kappa shape index (κ1) is 16.6. The van der Waals surface area contributed by atoms with Crippen molar-refractivity contribution in [2.24, 2.45) is 0 Å². The summed E-state index contributed by atoms with van der Waals surface area (Å²) in [5.74, 6) is -2.41. The molecule has 0 saturated heterocycles. The molecule has 0 bridgehead atoms. The number of amides is 2. The van der Waals surface area contributed by atoms with Crippen LogP contribution in [0.3, 0.4) is 0 Å². The van der Waals surface area contributed by atoms with Crippen LogP contribution in [0.5, 0.6) is 0 Å². The number of anilines is 1. The Kier molecular flexibility index (Phi) is 6.35. The zero-order valence-electron chi connectivity index (χ0n) is 11.9. The number of aliphatic hydroxyl groups is 1.